The Morgan fingerprint density at radius 2 is 1.96 bits per heavy atom. The van der Waals surface area contributed by atoms with Crippen LogP contribution < -0.4 is 10.6 Å². The summed E-state index contributed by atoms with van der Waals surface area (Å²) in [5, 5.41) is 6.69. The van der Waals surface area contributed by atoms with E-state index < -0.39 is 0 Å². The molecular formula is C16H34IN3O3S. The van der Waals surface area contributed by atoms with Gasteiger partial charge in [-0.1, -0.05) is 0 Å². The smallest absolute Gasteiger partial charge is 0.191 e. The molecule has 0 amide bonds. The molecule has 0 aromatic carbocycles. The number of ether oxygens (including phenoxy) is 3. The third-order valence-electron chi connectivity index (χ3n) is 3.90. The number of halogens is 1. The highest BCUT2D eigenvalue weighted by molar-refractivity contribution is 14.0. The highest BCUT2D eigenvalue weighted by Gasteiger charge is 2.31. The van der Waals surface area contributed by atoms with E-state index in [1.54, 1.807) is 7.11 Å². The minimum absolute atomic E-state index is 0. The Bertz CT molecular complexity index is 330. The number of aliphatic imine (C=N–C) groups is 1. The minimum Gasteiger partial charge on any atom is -0.382 e. The van der Waals surface area contributed by atoms with Crippen LogP contribution in [0.15, 0.2) is 4.99 Å². The van der Waals surface area contributed by atoms with E-state index in [1.165, 1.54) is 0 Å². The summed E-state index contributed by atoms with van der Waals surface area (Å²) in [7, 11) is 1.68. The Hall–Kier alpha value is 0.230. The van der Waals surface area contributed by atoms with Gasteiger partial charge in [0.2, 0.25) is 0 Å². The number of methoxy groups -OCH3 is 1. The van der Waals surface area contributed by atoms with Crippen molar-refractivity contribution in [2.24, 2.45) is 4.99 Å². The van der Waals surface area contributed by atoms with Crippen molar-refractivity contribution in [2.45, 2.75) is 30.9 Å². The molecule has 6 nitrogen and oxygen atoms in total. The average Bonchev–Trinajstić information content (AvgIpc) is 2.59. The number of rotatable bonds is 11. The molecule has 0 aromatic heterocycles. The fourth-order valence-corrected chi connectivity index (χ4v) is 3.13. The second kappa shape index (κ2) is 15.5. The highest BCUT2D eigenvalue weighted by atomic mass is 127. The van der Waals surface area contributed by atoms with E-state index in [4.69, 9.17) is 19.2 Å². The van der Waals surface area contributed by atoms with Crippen LogP contribution in [-0.2, 0) is 14.2 Å². The largest absolute Gasteiger partial charge is 0.382 e. The molecule has 1 rings (SSSR count). The van der Waals surface area contributed by atoms with Crippen molar-refractivity contribution in [2.75, 3.05) is 66.0 Å². The van der Waals surface area contributed by atoms with Crippen LogP contribution in [0.25, 0.3) is 0 Å². The first-order valence-electron chi connectivity index (χ1n) is 8.48. The molecule has 0 radical (unpaired) electrons. The normalized spacial score (nSPS) is 17.2. The van der Waals surface area contributed by atoms with Gasteiger partial charge >= 0.3 is 0 Å². The van der Waals surface area contributed by atoms with Crippen molar-refractivity contribution in [3.63, 3.8) is 0 Å². The van der Waals surface area contributed by atoms with E-state index in [2.05, 4.69) is 23.8 Å². The minimum atomic E-state index is 0. The molecule has 0 saturated carbocycles. The van der Waals surface area contributed by atoms with Crippen LogP contribution in [0.5, 0.6) is 0 Å². The SMILES string of the molecule is CCNC(=NCC1(SC)CCOCC1)NCCCOCCOC.I. The van der Waals surface area contributed by atoms with Crippen LogP contribution in [0, 0.1) is 0 Å². The zero-order chi connectivity index (χ0) is 16.8. The molecule has 8 heteroatoms. The van der Waals surface area contributed by atoms with Gasteiger partial charge in [-0.2, -0.15) is 11.8 Å². The van der Waals surface area contributed by atoms with Gasteiger partial charge in [0.25, 0.3) is 0 Å². The first-order valence-corrected chi connectivity index (χ1v) is 9.70. The first-order chi connectivity index (χ1) is 11.3. The van der Waals surface area contributed by atoms with E-state index in [-0.39, 0.29) is 28.7 Å². The van der Waals surface area contributed by atoms with E-state index in [9.17, 15) is 0 Å². The summed E-state index contributed by atoms with van der Waals surface area (Å²) in [4.78, 5) is 4.78. The van der Waals surface area contributed by atoms with E-state index in [0.29, 0.717) is 13.2 Å². The summed E-state index contributed by atoms with van der Waals surface area (Å²) in [5.41, 5.74) is 0. The summed E-state index contributed by atoms with van der Waals surface area (Å²) in [6, 6.07) is 0. The van der Waals surface area contributed by atoms with Gasteiger partial charge < -0.3 is 24.8 Å². The van der Waals surface area contributed by atoms with Crippen LogP contribution in [0.4, 0.5) is 0 Å². The Balaban J connectivity index is 0.00000529. The molecule has 1 aliphatic rings. The Kier molecular flexibility index (Phi) is 15.6. The van der Waals surface area contributed by atoms with Gasteiger partial charge in [0, 0.05) is 44.8 Å². The van der Waals surface area contributed by atoms with Crippen LogP contribution in [0.1, 0.15) is 26.2 Å². The molecule has 0 spiro atoms. The Morgan fingerprint density at radius 3 is 2.58 bits per heavy atom. The lowest BCUT2D eigenvalue weighted by Gasteiger charge is -2.34. The third-order valence-corrected chi connectivity index (χ3v) is 5.30. The number of hydrogen-bond donors (Lipinski definition) is 2. The predicted octanol–water partition coefficient (Wildman–Crippen LogP) is 2.12. The summed E-state index contributed by atoms with van der Waals surface area (Å²) in [6.45, 7) is 8.38. The van der Waals surface area contributed by atoms with Gasteiger partial charge in [0.05, 0.1) is 19.8 Å². The van der Waals surface area contributed by atoms with Crippen LogP contribution in [0.3, 0.4) is 0 Å². The lowest BCUT2D eigenvalue weighted by molar-refractivity contribution is 0.0698. The molecule has 0 aliphatic carbocycles. The maximum atomic E-state index is 5.48. The predicted molar refractivity (Wildman–Crippen MR) is 113 cm³/mol. The van der Waals surface area contributed by atoms with Crippen LogP contribution >= 0.6 is 35.7 Å². The summed E-state index contributed by atoms with van der Waals surface area (Å²) in [5.74, 6) is 0.893. The van der Waals surface area contributed by atoms with Crippen molar-refractivity contribution in [1.82, 2.24) is 10.6 Å². The summed E-state index contributed by atoms with van der Waals surface area (Å²) >= 11 is 1.92. The van der Waals surface area contributed by atoms with Gasteiger partial charge in [-0.25, -0.2) is 0 Å². The van der Waals surface area contributed by atoms with Crippen molar-refractivity contribution < 1.29 is 14.2 Å². The maximum Gasteiger partial charge on any atom is 0.191 e. The van der Waals surface area contributed by atoms with Gasteiger partial charge in [0.15, 0.2) is 5.96 Å². The van der Waals surface area contributed by atoms with Crippen LogP contribution in [0.2, 0.25) is 0 Å². The van der Waals surface area contributed by atoms with E-state index >= 15 is 0 Å². The van der Waals surface area contributed by atoms with Crippen LogP contribution in [-0.4, -0.2) is 76.7 Å². The van der Waals surface area contributed by atoms with Crippen molar-refractivity contribution >= 4 is 41.7 Å². The molecule has 1 fully saturated rings. The maximum absolute atomic E-state index is 5.48. The monoisotopic (exact) mass is 475 g/mol. The molecular weight excluding hydrogens is 441 g/mol. The Morgan fingerprint density at radius 1 is 1.21 bits per heavy atom. The summed E-state index contributed by atoms with van der Waals surface area (Å²) < 4.78 is 16.1. The molecule has 0 unspecified atom stereocenters. The van der Waals surface area contributed by atoms with E-state index in [1.807, 2.05) is 11.8 Å². The standard InChI is InChI=1S/C16H33N3O3S.HI/c1-4-17-15(18-8-5-9-21-13-12-20-2)19-14-16(23-3)6-10-22-11-7-16;/h4-14H2,1-3H3,(H2,17,18,19);1H. The molecule has 144 valence electrons. The quantitative estimate of drug-likeness (QED) is 0.207. The molecule has 1 heterocycles. The number of thioether (sulfide) groups is 1. The molecule has 2 N–H and O–H groups in total. The molecule has 1 saturated heterocycles. The molecule has 0 bridgehead atoms. The topological polar surface area (TPSA) is 64.1 Å². The van der Waals surface area contributed by atoms with Gasteiger partial charge in [-0.3, -0.25) is 4.99 Å². The number of hydrogen-bond acceptors (Lipinski definition) is 5. The second-order valence-corrected chi connectivity index (χ2v) is 6.85. The average molecular weight is 475 g/mol. The third kappa shape index (κ3) is 10.3. The van der Waals surface area contributed by atoms with Crippen molar-refractivity contribution in [3.05, 3.63) is 0 Å². The molecule has 24 heavy (non-hydrogen) atoms. The fourth-order valence-electron chi connectivity index (χ4n) is 2.36. The zero-order valence-corrected chi connectivity index (χ0v) is 18.4. The fraction of sp³-hybridized carbons (Fsp3) is 0.938. The highest BCUT2D eigenvalue weighted by Crippen LogP contribution is 2.33. The molecule has 0 atom stereocenters. The lowest BCUT2D eigenvalue weighted by atomic mass is 9.99. The number of nitrogens with one attached hydrogen (secondary N) is 2. The van der Waals surface area contributed by atoms with Gasteiger partial charge in [0.1, 0.15) is 0 Å². The number of nitrogens with zero attached hydrogens (tertiary/aromatic N) is 1. The molecule has 1 aliphatic heterocycles. The first kappa shape index (κ1) is 24.2. The van der Waals surface area contributed by atoms with Crippen molar-refractivity contribution in [1.29, 1.82) is 0 Å². The van der Waals surface area contributed by atoms with Gasteiger partial charge in [-0.05, 0) is 32.4 Å². The second-order valence-electron chi connectivity index (χ2n) is 5.58. The molecule has 0 aromatic rings. The van der Waals surface area contributed by atoms with Gasteiger partial charge in [-0.15, -0.1) is 24.0 Å². The number of guanidine groups is 1. The zero-order valence-electron chi connectivity index (χ0n) is 15.3. The lowest BCUT2D eigenvalue weighted by Crippen LogP contribution is -2.41. The van der Waals surface area contributed by atoms with E-state index in [0.717, 1.165) is 64.7 Å². The van der Waals surface area contributed by atoms with Crippen molar-refractivity contribution in [3.8, 4) is 0 Å². The Labute approximate surface area is 168 Å². The summed E-state index contributed by atoms with van der Waals surface area (Å²) in [6.07, 6.45) is 5.28.